The lowest BCUT2D eigenvalue weighted by Gasteiger charge is -2.30. The minimum atomic E-state index is -0.250. The molecule has 1 saturated heterocycles. The summed E-state index contributed by atoms with van der Waals surface area (Å²) in [4.78, 5) is 15.7. The van der Waals surface area contributed by atoms with Crippen molar-refractivity contribution in [2.45, 2.75) is 31.3 Å². The van der Waals surface area contributed by atoms with E-state index in [1.54, 1.807) is 23.7 Å². The molecular formula is C22H26N4O3S. The van der Waals surface area contributed by atoms with E-state index in [-0.39, 0.29) is 19.1 Å². The van der Waals surface area contributed by atoms with Crippen LogP contribution in [-0.4, -0.2) is 51.5 Å². The smallest absolute Gasteiger partial charge is 0.225 e. The van der Waals surface area contributed by atoms with Gasteiger partial charge in [-0.25, -0.2) is 15.0 Å². The van der Waals surface area contributed by atoms with Crippen molar-refractivity contribution in [1.29, 1.82) is 0 Å². The Labute approximate surface area is 180 Å². The third-order valence-corrected chi connectivity index (χ3v) is 6.48. The Morgan fingerprint density at radius 1 is 1.07 bits per heavy atom. The molecule has 1 aromatic carbocycles. The van der Waals surface area contributed by atoms with Gasteiger partial charge in [-0.15, -0.1) is 11.3 Å². The zero-order valence-corrected chi connectivity index (χ0v) is 17.5. The van der Waals surface area contributed by atoms with Gasteiger partial charge >= 0.3 is 0 Å². The van der Waals surface area contributed by atoms with Gasteiger partial charge in [-0.05, 0) is 36.6 Å². The van der Waals surface area contributed by atoms with Crippen molar-refractivity contribution < 1.29 is 14.9 Å². The van der Waals surface area contributed by atoms with Crippen molar-refractivity contribution >= 4 is 17.3 Å². The molecule has 2 aromatic heterocycles. The molecule has 3 heterocycles. The Morgan fingerprint density at radius 3 is 2.43 bits per heavy atom. The highest BCUT2D eigenvalue weighted by Crippen LogP contribution is 2.31. The van der Waals surface area contributed by atoms with Gasteiger partial charge in [-0.3, -0.25) is 0 Å². The maximum Gasteiger partial charge on any atom is 0.225 e. The first-order valence-electron chi connectivity index (χ1n) is 10.2. The summed E-state index contributed by atoms with van der Waals surface area (Å²) in [5, 5.41) is 21.8. The number of benzene rings is 1. The summed E-state index contributed by atoms with van der Waals surface area (Å²) >= 11 is 1.70. The SMILES string of the molecule is OCC(CO)c1ccc(OCc2csc(C3CCN(c4ncccn4)CC3)n2)cc1. The Kier molecular flexibility index (Phi) is 6.88. The van der Waals surface area contributed by atoms with Crippen LogP contribution in [0.15, 0.2) is 48.1 Å². The summed E-state index contributed by atoms with van der Waals surface area (Å²) in [7, 11) is 0. The van der Waals surface area contributed by atoms with Crippen molar-refractivity contribution in [2.75, 3.05) is 31.2 Å². The molecule has 1 fully saturated rings. The maximum atomic E-state index is 9.28. The molecule has 2 N–H and O–H groups in total. The van der Waals surface area contributed by atoms with Crippen LogP contribution in [0, 0.1) is 0 Å². The van der Waals surface area contributed by atoms with E-state index in [1.165, 1.54) is 5.01 Å². The Balaban J connectivity index is 1.28. The van der Waals surface area contributed by atoms with Gasteiger partial charge in [0.15, 0.2) is 0 Å². The summed E-state index contributed by atoms with van der Waals surface area (Å²) in [5.74, 6) is 1.77. The number of hydrogen-bond donors (Lipinski definition) is 2. The standard InChI is InChI=1S/C22H26N4O3S/c27-12-18(13-28)16-2-4-20(5-3-16)29-14-19-15-30-21(25-19)17-6-10-26(11-7-17)22-23-8-1-9-24-22/h1-5,8-9,15,17-18,27-28H,6-7,10-14H2. The average Bonchev–Trinajstić information content (AvgIpc) is 3.29. The molecule has 0 saturated carbocycles. The second kappa shape index (κ2) is 9.97. The molecule has 1 aliphatic rings. The van der Waals surface area contributed by atoms with Crippen molar-refractivity contribution in [3.8, 4) is 5.75 Å². The molecule has 0 amide bonds. The lowest BCUT2D eigenvalue weighted by Crippen LogP contribution is -2.34. The third-order valence-electron chi connectivity index (χ3n) is 5.43. The summed E-state index contributed by atoms with van der Waals surface area (Å²) in [6, 6.07) is 9.32. The van der Waals surface area contributed by atoms with E-state index >= 15 is 0 Å². The summed E-state index contributed by atoms with van der Waals surface area (Å²) in [5.41, 5.74) is 1.84. The van der Waals surface area contributed by atoms with Crippen LogP contribution in [0.2, 0.25) is 0 Å². The van der Waals surface area contributed by atoms with Crippen molar-refractivity contribution in [2.24, 2.45) is 0 Å². The van der Waals surface area contributed by atoms with Gasteiger partial charge < -0.3 is 19.8 Å². The van der Waals surface area contributed by atoms with E-state index < -0.39 is 0 Å². The Morgan fingerprint density at radius 2 is 1.77 bits per heavy atom. The normalized spacial score (nSPS) is 15.0. The predicted molar refractivity (Wildman–Crippen MR) is 116 cm³/mol. The van der Waals surface area contributed by atoms with Gasteiger partial charge in [-0.2, -0.15) is 0 Å². The molecule has 3 aromatic rings. The number of thiazole rings is 1. The first kappa shape index (κ1) is 20.7. The Bertz CT molecular complexity index is 908. The van der Waals surface area contributed by atoms with Gasteiger partial charge in [0.2, 0.25) is 5.95 Å². The number of ether oxygens (including phenoxy) is 1. The largest absolute Gasteiger partial charge is 0.487 e. The molecular weight excluding hydrogens is 400 g/mol. The summed E-state index contributed by atoms with van der Waals surface area (Å²) in [6.07, 6.45) is 5.66. The highest BCUT2D eigenvalue weighted by atomic mass is 32.1. The molecule has 1 aliphatic heterocycles. The maximum absolute atomic E-state index is 9.28. The number of rotatable bonds is 8. The van der Waals surface area contributed by atoms with Crippen LogP contribution in [0.4, 0.5) is 5.95 Å². The van der Waals surface area contributed by atoms with E-state index in [9.17, 15) is 10.2 Å². The van der Waals surface area contributed by atoms with Crippen LogP contribution in [-0.2, 0) is 6.61 Å². The fraction of sp³-hybridized carbons (Fsp3) is 0.409. The van der Waals surface area contributed by atoms with Crippen LogP contribution in [0.5, 0.6) is 5.75 Å². The number of anilines is 1. The number of nitrogens with zero attached hydrogens (tertiary/aromatic N) is 4. The monoisotopic (exact) mass is 426 g/mol. The zero-order valence-electron chi connectivity index (χ0n) is 16.7. The number of aromatic nitrogens is 3. The lowest BCUT2D eigenvalue weighted by atomic mass is 9.98. The lowest BCUT2D eigenvalue weighted by molar-refractivity contribution is 0.192. The van der Waals surface area contributed by atoms with Gasteiger partial charge in [0, 0.05) is 42.7 Å². The van der Waals surface area contributed by atoms with Crippen LogP contribution in [0.25, 0.3) is 0 Å². The van der Waals surface area contributed by atoms with Crippen molar-refractivity contribution in [3.05, 3.63) is 64.4 Å². The van der Waals surface area contributed by atoms with Crippen LogP contribution < -0.4 is 9.64 Å². The quantitative estimate of drug-likeness (QED) is 0.572. The number of aliphatic hydroxyl groups excluding tert-OH is 2. The minimum absolute atomic E-state index is 0.0738. The number of piperidine rings is 1. The second-order valence-corrected chi connectivity index (χ2v) is 8.30. The van der Waals surface area contributed by atoms with E-state index in [1.807, 2.05) is 30.3 Å². The van der Waals surface area contributed by atoms with Crippen molar-refractivity contribution in [1.82, 2.24) is 15.0 Å². The van der Waals surface area contributed by atoms with E-state index in [4.69, 9.17) is 9.72 Å². The molecule has 0 unspecified atom stereocenters. The van der Waals surface area contributed by atoms with E-state index in [0.29, 0.717) is 12.5 Å². The van der Waals surface area contributed by atoms with Gasteiger partial charge in [0.05, 0.1) is 23.9 Å². The average molecular weight is 427 g/mol. The topological polar surface area (TPSA) is 91.6 Å². The molecule has 7 nitrogen and oxygen atoms in total. The molecule has 0 radical (unpaired) electrons. The fourth-order valence-electron chi connectivity index (χ4n) is 3.62. The predicted octanol–water partition coefficient (Wildman–Crippen LogP) is 2.96. The highest BCUT2D eigenvalue weighted by molar-refractivity contribution is 7.09. The van der Waals surface area contributed by atoms with Gasteiger partial charge in [0.1, 0.15) is 12.4 Å². The number of hydrogen-bond acceptors (Lipinski definition) is 8. The number of aliphatic hydroxyl groups is 2. The van der Waals surface area contributed by atoms with E-state index in [0.717, 1.165) is 48.9 Å². The molecule has 8 heteroatoms. The first-order chi connectivity index (χ1) is 14.8. The van der Waals surface area contributed by atoms with E-state index in [2.05, 4.69) is 20.2 Å². The molecule has 0 spiro atoms. The zero-order chi connectivity index (χ0) is 20.8. The molecule has 158 valence electrons. The third kappa shape index (κ3) is 4.95. The van der Waals surface area contributed by atoms with Crippen LogP contribution in [0.1, 0.15) is 40.9 Å². The molecule has 0 atom stereocenters. The minimum Gasteiger partial charge on any atom is -0.487 e. The summed E-state index contributed by atoms with van der Waals surface area (Å²) < 4.78 is 5.86. The molecule has 0 bridgehead atoms. The second-order valence-electron chi connectivity index (χ2n) is 7.41. The molecule has 0 aliphatic carbocycles. The highest BCUT2D eigenvalue weighted by Gasteiger charge is 2.24. The Hall–Kier alpha value is -2.55. The summed E-state index contributed by atoms with van der Waals surface area (Å²) in [6.45, 7) is 2.16. The van der Waals surface area contributed by atoms with Gasteiger partial charge in [0.25, 0.3) is 0 Å². The molecule has 4 rings (SSSR count). The fourth-order valence-corrected chi connectivity index (χ4v) is 4.60. The van der Waals surface area contributed by atoms with Crippen LogP contribution in [0.3, 0.4) is 0 Å². The van der Waals surface area contributed by atoms with Gasteiger partial charge in [-0.1, -0.05) is 12.1 Å². The first-order valence-corrected chi connectivity index (χ1v) is 11.1. The van der Waals surface area contributed by atoms with Crippen molar-refractivity contribution in [3.63, 3.8) is 0 Å². The van der Waals surface area contributed by atoms with Crippen LogP contribution >= 0.6 is 11.3 Å². The molecule has 30 heavy (non-hydrogen) atoms.